The molecule has 2 fully saturated rings. The maximum Gasteiger partial charge on any atom is 0.253 e. The van der Waals surface area contributed by atoms with Gasteiger partial charge >= 0.3 is 0 Å². The van der Waals surface area contributed by atoms with Gasteiger partial charge in [-0.05, 0) is 48.5 Å². The molecule has 3 aromatic rings. The Balaban J connectivity index is 1.17. The van der Waals surface area contributed by atoms with Gasteiger partial charge in [0.1, 0.15) is 11.9 Å². The summed E-state index contributed by atoms with van der Waals surface area (Å²) in [6.07, 6.45) is 3.90. The lowest BCUT2D eigenvalue weighted by Crippen LogP contribution is -2.41. The minimum Gasteiger partial charge on any atom is -0.490 e. The van der Waals surface area contributed by atoms with Crippen molar-refractivity contribution in [2.24, 2.45) is 0 Å². The van der Waals surface area contributed by atoms with Gasteiger partial charge in [0, 0.05) is 79.8 Å². The zero-order valence-corrected chi connectivity index (χ0v) is 19.5. The molecule has 174 valence electrons. The number of aromatic nitrogens is 1. The van der Waals surface area contributed by atoms with E-state index in [0.29, 0.717) is 18.1 Å². The molecule has 5 rings (SSSR count). The van der Waals surface area contributed by atoms with E-state index in [2.05, 4.69) is 27.8 Å². The van der Waals surface area contributed by atoms with Crippen LogP contribution in [-0.2, 0) is 11.3 Å². The Morgan fingerprint density at radius 3 is 2.48 bits per heavy atom. The summed E-state index contributed by atoms with van der Waals surface area (Å²) >= 11 is 5.95. The van der Waals surface area contributed by atoms with Crippen molar-refractivity contribution in [2.45, 2.75) is 25.5 Å². The molecule has 33 heavy (non-hydrogen) atoms. The minimum absolute atomic E-state index is 0.0999. The molecule has 0 saturated carbocycles. The number of amides is 1. The van der Waals surface area contributed by atoms with Gasteiger partial charge in [0.25, 0.3) is 5.91 Å². The zero-order chi connectivity index (χ0) is 22.6. The lowest BCUT2D eigenvalue weighted by molar-refractivity contribution is 0.0365. The van der Waals surface area contributed by atoms with Crippen molar-refractivity contribution in [2.75, 3.05) is 45.9 Å². The lowest BCUT2D eigenvalue weighted by Gasteiger charge is -2.32. The molecule has 6 nitrogen and oxygen atoms in total. The van der Waals surface area contributed by atoms with Gasteiger partial charge < -0.3 is 18.9 Å². The molecule has 0 atom stereocenters. The van der Waals surface area contributed by atoms with E-state index >= 15 is 0 Å². The highest BCUT2D eigenvalue weighted by Crippen LogP contribution is 2.23. The van der Waals surface area contributed by atoms with Crippen LogP contribution in [0.15, 0.2) is 54.7 Å². The molecule has 3 heterocycles. The first-order chi connectivity index (χ1) is 16.2. The molecule has 7 heteroatoms. The van der Waals surface area contributed by atoms with Crippen molar-refractivity contribution >= 4 is 28.4 Å². The number of piperidine rings is 1. The van der Waals surface area contributed by atoms with Gasteiger partial charge in [-0.2, -0.15) is 0 Å². The molecular weight excluding hydrogens is 438 g/mol. The van der Waals surface area contributed by atoms with Crippen molar-refractivity contribution in [1.82, 2.24) is 14.4 Å². The number of carbonyl (C=O) groups excluding carboxylic acids is 1. The van der Waals surface area contributed by atoms with Crippen LogP contribution in [0, 0.1) is 0 Å². The molecule has 0 aliphatic carbocycles. The molecule has 1 aromatic heterocycles. The summed E-state index contributed by atoms with van der Waals surface area (Å²) < 4.78 is 13.8. The first kappa shape index (κ1) is 22.3. The molecule has 0 spiro atoms. The molecule has 0 unspecified atom stereocenters. The van der Waals surface area contributed by atoms with Crippen LogP contribution >= 0.6 is 11.6 Å². The fraction of sp³-hybridized carbons (Fsp3) is 0.423. The predicted molar refractivity (Wildman–Crippen MR) is 130 cm³/mol. The van der Waals surface area contributed by atoms with Crippen LogP contribution in [0.4, 0.5) is 0 Å². The fourth-order valence-corrected chi connectivity index (χ4v) is 4.79. The molecule has 2 aliphatic rings. The van der Waals surface area contributed by atoms with E-state index in [1.54, 1.807) is 0 Å². The highest BCUT2D eigenvalue weighted by atomic mass is 35.5. The van der Waals surface area contributed by atoms with Crippen molar-refractivity contribution in [3.63, 3.8) is 0 Å². The van der Waals surface area contributed by atoms with Gasteiger partial charge in [-0.3, -0.25) is 9.69 Å². The third-order valence-electron chi connectivity index (χ3n) is 6.62. The first-order valence-corrected chi connectivity index (χ1v) is 12.1. The van der Waals surface area contributed by atoms with Crippen molar-refractivity contribution < 1.29 is 14.3 Å². The Labute approximate surface area is 199 Å². The number of hydrogen-bond acceptors (Lipinski definition) is 4. The topological polar surface area (TPSA) is 46.9 Å². The number of carbonyl (C=O) groups is 1. The monoisotopic (exact) mass is 467 g/mol. The van der Waals surface area contributed by atoms with Crippen LogP contribution in [0.2, 0.25) is 5.02 Å². The van der Waals surface area contributed by atoms with Gasteiger partial charge in [0.15, 0.2) is 0 Å². The third kappa shape index (κ3) is 5.35. The summed E-state index contributed by atoms with van der Waals surface area (Å²) in [7, 11) is 0. The average molecular weight is 468 g/mol. The Bertz CT molecular complexity index is 1080. The Hall–Kier alpha value is -2.54. The number of morpholine rings is 1. The number of rotatable bonds is 6. The van der Waals surface area contributed by atoms with Crippen LogP contribution in [0.25, 0.3) is 10.9 Å². The minimum atomic E-state index is 0.0999. The standard InChI is InChI=1S/C26H30ClN3O3/c27-22-2-4-23(5-3-22)33-24-8-11-30(12-9-24)26(31)21-1-6-25-20(19-21)7-10-29(25)14-13-28-15-17-32-18-16-28/h1-7,10,19,24H,8-9,11-18H2. The number of ether oxygens (including phenoxy) is 2. The second-order valence-electron chi connectivity index (χ2n) is 8.80. The largest absolute Gasteiger partial charge is 0.490 e. The van der Waals surface area contributed by atoms with E-state index in [1.165, 1.54) is 5.52 Å². The summed E-state index contributed by atoms with van der Waals surface area (Å²) in [4.78, 5) is 17.5. The SMILES string of the molecule is O=C(c1ccc2c(ccn2CCN2CCOCC2)c1)N1CCC(Oc2ccc(Cl)cc2)CC1. The third-order valence-corrected chi connectivity index (χ3v) is 6.88. The number of halogens is 1. The molecule has 1 amide bonds. The van der Waals surface area contributed by atoms with E-state index in [0.717, 1.165) is 68.9 Å². The summed E-state index contributed by atoms with van der Waals surface area (Å²) in [5.74, 6) is 0.927. The second-order valence-corrected chi connectivity index (χ2v) is 9.24. The van der Waals surface area contributed by atoms with Gasteiger partial charge in [-0.15, -0.1) is 0 Å². The predicted octanol–water partition coefficient (Wildman–Crippen LogP) is 4.31. The lowest BCUT2D eigenvalue weighted by atomic mass is 10.1. The number of likely N-dealkylation sites (tertiary alicyclic amines) is 1. The fourth-order valence-electron chi connectivity index (χ4n) is 4.67. The molecule has 0 N–H and O–H groups in total. The number of nitrogens with zero attached hydrogens (tertiary/aromatic N) is 3. The first-order valence-electron chi connectivity index (χ1n) is 11.8. The maximum atomic E-state index is 13.1. The summed E-state index contributed by atoms with van der Waals surface area (Å²) in [6, 6.07) is 15.6. The van der Waals surface area contributed by atoms with Crippen LogP contribution in [0.5, 0.6) is 5.75 Å². The molecule has 0 radical (unpaired) electrons. The highest BCUT2D eigenvalue weighted by Gasteiger charge is 2.25. The summed E-state index contributed by atoms with van der Waals surface area (Å²) in [6.45, 7) is 7.01. The molecule has 2 aliphatic heterocycles. The molecule has 2 saturated heterocycles. The normalized spacial score (nSPS) is 18.0. The van der Waals surface area contributed by atoms with E-state index in [-0.39, 0.29) is 12.0 Å². The van der Waals surface area contributed by atoms with E-state index in [9.17, 15) is 4.79 Å². The van der Waals surface area contributed by atoms with Gasteiger partial charge in [0.05, 0.1) is 13.2 Å². The van der Waals surface area contributed by atoms with E-state index in [4.69, 9.17) is 21.1 Å². The second kappa shape index (κ2) is 10.2. The Morgan fingerprint density at radius 1 is 0.970 bits per heavy atom. The molecular formula is C26H30ClN3O3. The van der Waals surface area contributed by atoms with Gasteiger partial charge in [-0.25, -0.2) is 0 Å². The zero-order valence-electron chi connectivity index (χ0n) is 18.8. The summed E-state index contributed by atoms with van der Waals surface area (Å²) in [5.41, 5.74) is 1.93. The number of benzene rings is 2. The van der Waals surface area contributed by atoms with Gasteiger partial charge in [-0.1, -0.05) is 11.6 Å². The van der Waals surface area contributed by atoms with Crippen molar-refractivity contribution in [3.05, 3.63) is 65.3 Å². The van der Waals surface area contributed by atoms with Gasteiger partial charge in [0.2, 0.25) is 0 Å². The van der Waals surface area contributed by atoms with E-state index < -0.39 is 0 Å². The van der Waals surface area contributed by atoms with Crippen LogP contribution in [-0.4, -0.2) is 72.3 Å². The highest BCUT2D eigenvalue weighted by molar-refractivity contribution is 6.30. The average Bonchev–Trinajstić information content (AvgIpc) is 3.27. The smallest absolute Gasteiger partial charge is 0.253 e. The quantitative estimate of drug-likeness (QED) is 0.542. The molecule has 2 aromatic carbocycles. The Morgan fingerprint density at radius 2 is 1.73 bits per heavy atom. The number of fused-ring (bicyclic) bond motifs is 1. The maximum absolute atomic E-state index is 13.1. The van der Waals surface area contributed by atoms with Crippen molar-refractivity contribution in [3.8, 4) is 5.75 Å². The Kier molecular flexibility index (Phi) is 6.85. The van der Waals surface area contributed by atoms with Crippen LogP contribution in [0.1, 0.15) is 23.2 Å². The molecule has 0 bridgehead atoms. The summed E-state index contributed by atoms with van der Waals surface area (Å²) in [5, 5.41) is 1.82. The number of hydrogen-bond donors (Lipinski definition) is 0. The van der Waals surface area contributed by atoms with Crippen LogP contribution in [0.3, 0.4) is 0 Å². The van der Waals surface area contributed by atoms with Crippen molar-refractivity contribution in [1.29, 1.82) is 0 Å². The van der Waals surface area contributed by atoms with E-state index in [1.807, 2.05) is 41.3 Å². The van der Waals surface area contributed by atoms with Crippen LogP contribution < -0.4 is 4.74 Å².